The second kappa shape index (κ2) is 5.58. The molecule has 0 spiro atoms. The van der Waals surface area contributed by atoms with Crippen LogP contribution in [-0.2, 0) is 9.47 Å². The summed E-state index contributed by atoms with van der Waals surface area (Å²) in [4.78, 5) is 0. The van der Waals surface area contributed by atoms with Crippen LogP contribution in [0.1, 0.15) is 26.2 Å². The summed E-state index contributed by atoms with van der Waals surface area (Å²) in [7, 11) is 1.72. The number of hydrogen-bond donors (Lipinski definition) is 1. The molecule has 3 heteroatoms. The van der Waals surface area contributed by atoms with Gasteiger partial charge in [0.2, 0.25) is 0 Å². The van der Waals surface area contributed by atoms with Crippen LogP contribution >= 0.6 is 0 Å². The first-order valence-corrected chi connectivity index (χ1v) is 5.10. The summed E-state index contributed by atoms with van der Waals surface area (Å²) in [6.07, 6.45) is 3.55. The van der Waals surface area contributed by atoms with E-state index in [4.69, 9.17) is 15.2 Å². The van der Waals surface area contributed by atoms with Gasteiger partial charge in [0.1, 0.15) is 0 Å². The second-order valence-corrected chi connectivity index (χ2v) is 3.90. The highest BCUT2D eigenvalue weighted by Gasteiger charge is 2.20. The van der Waals surface area contributed by atoms with Crippen molar-refractivity contribution in [3.8, 4) is 0 Å². The third-order valence-electron chi connectivity index (χ3n) is 2.92. The lowest BCUT2D eigenvalue weighted by molar-refractivity contribution is 0.0456. The predicted molar refractivity (Wildman–Crippen MR) is 52.6 cm³/mol. The van der Waals surface area contributed by atoms with Crippen LogP contribution in [0.2, 0.25) is 0 Å². The number of methoxy groups -OCH3 is 1. The molecule has 0 aromatic carbocycles. The fourth-order valence-corrected chi connectivity index (χ4v) is 1.73. The Morgan fingerprint density at radius 1 is 1.46 bits per heavy atom. The molecular formula is C10H21NO2. The van der Waals surface area contributed by atoms with Crippen LogP contribution in [0.4, 0.5) is 0 Å². The molecule has 0 radical (unpaired) electrons. The van der Waals surface area contributed by atoms with E-state index in [2.05, 4.69) is 0 Å². The lowest BCUT2D eigenvalue weighted by atomic mass is 9.91. The first-order chi connectivity index (χ1) is 6.24. The molecule has 0 aliphatic carbocycles. The van der Waals surface area contributed by atoms with Gasteiger partial charge in [0.15, 0.2) is 0 Å². The molecule has 1 saturated heterocycles. The minimum atomic E-state index is 0.169. The molecular weight excluding hydrogens is 166 g/mol. The summed E-state index contributed by atoms with van der Waals surface area (Å²) < 4.78 is 10.5. The highest BCUT2D eigenvalue weighted by molar-refractivity contribution is 4.75. The van der Waals surface area contributed by atoms with Crippen molar-refractivity contribution < 1.29 is 9.47 Å². The van der Waals surface area contributed by atoms with E-state index in [9.17, 15) is 0 Å². The topological polar surface area (TPSA) is 44.5 Å². The van der Waals surface area contributed by atoms with Crippen molar-refractivity contribution in [3.05, 3.63) is 0 Å². The average Bonchev–Trinajstić information content (AvgIpc) is 2.18. The highest BCUT2D eigenvalue weighted by atomic mass is 16.5. The molecule has 1 rings (SSSR count). The Labute approximate surface area is 80.6 Å². The molecule has 1 aliphatic heterocycles. The van der Waals surface area contributed by atoms with E-state index in [1.165, 1.54) is 0 Å². The smallest absolute Gasteiger partial charge is 0.0694 e. The normalized spacial score (nSPS) is 24.2. The molecule has 0 saturated carbocycles. The zero-order chi connectivity index (χ0) is 9.68. The Hall–Kier alpha value is -0.120. The summed E-state index contributed by atoms with van der Waals surface area (Å²) >= 11 is 0. The van der Waals surface area contributed by atoms with Gasteiger partial charge in [-0.3, -0.25) is 0 Å². The summed E-state index contributed by atoms with van der Waals surface area (Å²) in [5, 5.41) is 0. The molecule has 2 atom stereocenters. The lowest BCUT2D eigenvalue weighted by Crippen LogP contribution is -2.36. The van der Waals surface area contributed by atoms with Gasteiger partial charge in [-0.25, -0.2) is 0 Å². The SMILES string of the molecule is COC(C)C(N)CC1CCOCC1. The van der Waals surface area contributed by atoms with E-state index in [0.717, 1.165) is 38.4 Å². The Morgan fingerprint density at radius 2 is 2.08 bits per heavy atom. The molecule has 1 heterocycles. The maximum Gasteiger partial charge on any atom is 0.0694 e. The van der Waals surface area contributed by atoms with Gasteiger partial charge in [-0.05, 0) is 32.1 Å². The molecule has 3 nitrogen and oxygen atoms in total. The average molecular weight is 187 g/mol. The van der Waals surface area contributed by atoms with E-state index in [1.54, 1.807) is 7.11 Å². The summed E-state index contributed by atoms with van der Waals surface area (Å²) in [5.41, 5.74) is 5.99. The third-order valence-corrected chi connectivity index (χ3v) is 2.92. The van der Waals surface area contributed by atoms with Crippen LogP contribution in [0.5, 0.6) is 0 Å². The third kappa shape index (κ3) is 3.63. The first-order valence-electron chi connectivity index (χ1n) is 5.10. The molecule has 78 valence electrons. The molecule has 0 aromatic rings. The molecule has 1 fully saturated rings. The number of nitrogens with two attached hydrogens (primary N) is 1. The monoisotopic (exact) mass is 187 g/mol. The highest BCUT2D eigenvalue weighted by Crippen LogP contribution is 2.20. The van der Waals surface area contributed by atoms with Crippen molar-refractivity contribution in [2.45, 2.75) is 38.3 Å². The Balaban J connectivity index is 2.21. The van der Waals surface area contributed by atoms with Crippen molar-refractivity contribution in [3.63, 3.8) is 0 Å². The lowest BCUT2D eigenvalue weighted by Gasteiger charge is -2.27. The molecule has 0 bridgehead atoms. The Kier molecular flexibility index (Phi) is 4.70. The van der Waals surface area contributed by atoms with Crippen molar-refractivity contribution in [1.29, 1.82) is 0 Å². The van der Waals surface area contributed by atoms with Crippen LogP contribution in [0.15, 0.2) is 0 Å². The Bertz CT molecular complexity index is 135. The molecule has 1 aliphatic rings. The van der Waals surface area contributed by atoms with Gasteiger partial charge >= 0.3 is 0 Å². The zero-order valence-electron chi connectivity index (χ0n) is 8.66. The van der Waals surface area contributed by atoms with Crippen molar-refractivity contribution in [2.75, 3.05) is 20.3 Å². The largest absolute Gasteiger partial charge is 0.381 e. The number of rotatable bonds is 4. The molecule has 2 N–H and O–H groups in total. The fourth-order valence-electron chi connectivity index (χ4n) is 1.73. The summed E-state index contributed by atoms with van der Waals surface area (Å²) in [5.74, 6) is 0.737. The van der Waals surface area contributed by atoms with Gasteiger partial charge in [0.25, 0.3) is 0 Å². The number of ether oxygens (including phenoxy) is 2. The van der Waals surface area contributed by atoms with Crippen LogP contribution in [-0.4, -0.2) is 32.5 Å². The number of hydrogen-bond acceptors (Lipinski definition) is 3. The maximum atomic E-state index is 5.99. The minimum absolute atomic E-state index is 0.169. The van der Waals surface area contributed by atoms with E-state index in [-0.39, 0.29) is 12.1 Å². The zero-order valence-corrected chi connectivity index (χ0v) is 8.66. The summed E-state index contributed by atoms with van der Waals surface area (Å²) in [6.45, 7) is 3.83. The predicted octanol–water partition coefficient (Wildman–Crippen LogP) is 1.17. The molecule has 0 aromatic heterocycles. The summed E-state index contributed by atoms with van der Waals surface area (Å²) in [6, 6.07) is 0.174. The van der Waals surface area contributed by atoms with Crippen molar-refractivity contribution in [1.82, 2.24) is 0 Å². The van der Waals surface area contributed by atoms with Gasteiger partial charge in [-0.15, -0.1) is 0 Å². The van der Waals surface area contributed by atoms with Gasteiger partial charge < -0.3 is 15.2 Å². The van der Waals surface area contributed by atoms with Gasteiger partial charge in [-0.1, -0.05) is 0 Å². The fraction of sp³-hybridized carbons (Fsp3) is 1.00. The van der Waals surface area contributed by atoms with Crippen molar-refractivity contribution >= 4 is 0 Å². The van der Waals surface area contributed by atoms with E-state index in [0.29, 0.717) is 0 Å². The Morgan fingerprint density at radius 3 is 2.62 bits per heavy atom. The van der Waals surface area contributed by atoms with Crippen LogP contribution in [0, 0.1) is 5.92 Å². The first kappa shape index (κ1) is 11.0. The van der Waals surface area contributed by atoms with E-state index in [1.807, 2.05) is 6.92 Å². The van der Waals surface area contributed by atoms with Gasteiger partial charge in [0, 0.05) is 26.4 Å². The molecule has 2 unspecified atom stereocenters. The molecule has 13 heavy (non-hydrogen) atoms. The van der Waals surface area contributed by atoms with Crippen molar-refractivity contribution in [2.24, 2.45) is 11.7 Å². The van der Waals surface area contributed by atoms with E-state index >= 15 is 0 Å². The van der Waals surface area contributed by atoms with E-state index < -0.39 is 0 Å². The minimum Gasteiger partial charge on any atom is -0.381 e. The van der Waals surface area contributed by atoms with Crippen LogP contribution in [0.25, 0.3) is 0 Å². The van der Waals surface area contributed by atoms with Crippen LogP contribution < -0.4 is 5.73 Å². The van der Waals surface area contributed by atoms with Gasteiger partial charge in [0.05, 0.1) is 6.10 Å². The quantitative estimate of drug-likeness (QED) is 0.718. The van der Waals surface area contributed by atoms with Gasteiger partial charge in [-0.2, -0.15) is 0 Å². The maximum absolute atomic E-state index is 5.99. The molecule has 0 amide bonds. The standard InChI is InChI=1S/C10H21NO2/c1-8(12-2)10(11)7-9-3-5-13-6-4-9/h8-10H,3-7,11H2,1-2H3. The second-order valence-electron chi connectivity index (χ2n) is 3.90. The van der Waals surface area contributed by atoms with Crippen LogP contribution in [0.3, 0.4) is 0 Å².